The van der Waals surface area contributed by atoms with E-state index in [4.69, 9.17) is 5.26 Å². The van der Waals surface area contributed by atoms with Crippen LogP contribution in [0.25, 0.3) is 0 Å². The Bertz CT molecular complexity index is 345. The second-order valence-electron chi connectivity index (χ2n) is 4.50. The zero-order valence-corrected chi connectivity index (χ0v) is 11.3. The maximum absolute atomic E-state index is 11.5. The highest BCUT2D eigenvalue weighted by atomic mass is 32.2. The SMILES string of the molecule is CCS(=O)(=O)CC1CCCC(CSC#N)C1. The number of rotatable bonds is 5. The third-order valence-electron chi connectivity index (χ3n) is 3.20. The first-order valence-electron chi connectivity index (χ1n) is 5.78. The lowest BCUT2D eigenvalue weighted by Crippen LogP contribution is -2.24. The van der Waals surface area contributed by atoms with Gasteiger partial charge in [-0.05, 0) is 42.9 Å². The molecule has 0 aromatic heterocycles. The highest BCUT2D eigenvalue weighted by molar-refractivity contribution is 8.03. The fourth-order valence-electron chi connectivity index (χ4n) is 2.34. The Morgan fingerprint density at radius 2 is 2.06 bits per heavy atom. The quantitative estimate of drug-likeness (QED) is 0.713. The summed E-state index contributed by atoms with van der Waals surface area (Å²) in [4.78, 5) is 0. The highest BCUT2D eigenvalue weighted by Crippen LogP contribution is 2.31. The van der Waals surface area contributed by atoms with Gasteiger partial charge in [-0.15, -0.1) is 0 Å². The Balaban J connectivity index is 2.42. The summed E-state index contributed by atoms with van der Waals surface area (Å²) in [6.45, 7) is 1.71. The summed E-state index contributed by atoms with van der Waals surface area (Å²) in [6, 6.07) is 0. The molecule has 0 saturated heterocycles. The summed E-state index contributed by atoms with van der Waals surface area (Å²) in [5.41, 5.74) is 0. The third kappa shape index (κ3) is 4.75. The number of nitriles is 1. The molecule has 0 spiro atoms. The van der Waals surface area contributed by atoms with E-state index in [0.29, 0.717) is 17.6 Å². The van der Waals surface area contributed by atoms with Crippen LogP contribution in [0, 0.1) is 22.5 Å². The fraction of sp³-hybridized carbons (Fsp3) is 0.909. The van der Waals surface area contributed by atoms with Crippen LogP contribution in [-0.2, 0) is 9.84 Å². The first-order valence-corrected chi connectivity index (χ1v) is 8.59. The molecule has 2 unspecified atom stereocenters. The summed E-state index contributed by atoms with van der Waals surface area (Å²) < 4.78 is 23.1. The third-order valence-corrected chi connectivity index (χ3v) is 5.83. The van der Waals surface area contributed by atoms with E-state index in [9.17, 15) is 8.42 Å². The van der Waals surface area contributed by atoms with Gasteiger partial charge in [0, 0.05) is 11.5 Å². The topological polar surface area (TPSA) is 57.9 Å². The molecule has 0 N–H and O–H groups in total. The summed E-state index contributed by atoms with van der Waals surface area (Å²) in [5, 5.41) is 10.6. The standard InChI is InChI=1S/C11H19NO2S2/c1-2-16(13,14)8-11-5-3-4-10(6-11)7-15-9-12/h10-11H,2-8H2,1H3. The van der Waals surface area contributed by atoms with Gasteiger partial charge < -0.3 is 0 Å². The molecular formula is C11H19NO2S2. The predicted octanol–water partition coefficient (Wildman–Crippen LogP) is 2.44. The molecule has 0 aromatic rings. The molecule has 1 fully saturated rings. The van der Waals surface area contributed by atoms with Gasteiger partial charge in [0.1, 0.15) is 15.2 Å². The number of hydrogen-bond acceptors (Lipinski definition) is 4. The number of thioether (sulfide) groups is 1. The summed E-state index contributed by atoms with van der Waals surface area (Å²) in [5.74, 6) is 2.32. The van der Waals surface area contributed by atoms with Gasteiger partial charge in [0.15, 0.2) is 0 Å². The average molecular weight is 261 g/mol. The molecule has 16 heavy (non-hydrogen) atoms. The number of sulfone groups is 1. The zero-order valence-electron chi connectivity index (χ0n) is 9.68. The zero-order chi connectivity index (χ0) is 12.0. The molecule has 1 rings (SSSR count). The van der Waals surface area contributed by atoms with Gasteiger partial charge >= 0.3 is 0 Å². The summed E-state index contributed by atoms with van der Waals surface area (Å²) in [6.07, 6.45) is 4.28. The van der Waals surface area contributed by atoms with E-state index in [0.717, 1.165) is 31.4 Å². The van der Waals surface area contributed by atoms with Crippen LogP contribution in [0.1, 0.15) is 32.6 Å². The monoisotopic (exact) mass is 261 g/mol. The molecule has 3 nitrogen and oxygen atoms in total. The Morgan fingerprint density at radius 3 is 2.69 bits per heavy atom. The molecular weight excluding hydrogens is 242 g/mol. The molecule has 1 saturated carbocycles. The summed E-state index contributed by atoms with van der Waals surface area (Å²) in [7, 11) is -2.83. The molecule has 0 bridgehead atoms. The van der Waals surface area contributed by atoms with Crippen LogP contribution in [-0.4, -0.2) is 25.7 Å². The Morgan fingerprint density at radius 1 is 1.38 bits per heavy atom. The molecule has 0 aromatic carbocycles. The van der Waals surface area contributed by atoms with E-state index < -0.39 is 9.84 Å². The lowest BCUT2D eigenvalue weighted by atomic mass is 9.83. The van der Waals surface area contributed by atoms with E-state index in [1.165, 1.54) is 11.8 Å². The van der Waals surface area contributed by atoms with Gasteiger partial charge in [0.2, 0.25) is 0 Å². The molecule has 0 amide bonds. The van der Waals surface area contributed by atoms with Gasteiger partial charge in [0.25, 0.3) is 0 Å². The van der Waals surface area contributed by atoms with Crippen molar-refractivity contribution in [1.82, 2.24) is 0 Å². The minimum atomic E-state index is -2.83. The van der Waals surface area contributed by atoms with E-state index >= 15 is 0 Å². The maximum atomic E-state index is 11.5. The van der Waals surface area contributed by atoms with Gasteiger partial charge in [-0.1, -0.05) is 13.3 Å². The van der Waals surface area contributed by atoms with Crippen molar-refractivity contribution in [2.45, 2.75) is 32.6 Å². The number of thiocyanates is 1. The first kappa shape index (κ1) is 13.9. The van der Waals surface area contributed by atoms with Crippen molar-refractivity contribution in [2.75, 3.05) is 17.3 Å². The molecule has 1 aliphatic carbocycles. The second kappa shape index (κ2) is 6.51. The van der Waals surface area contributed by atoms with Gasteiger partial charge in [-0.3, -0.25) is 0 Å². The van der Waals surface area contributed by atoms with Crippen molar-refractivity contribution in [1.29, 1.82) is 5.26 Å². The van der Waals surface area contributed by atoms with Gasteiger partial charge in [-0.25, -0.2) is 8.42 Å². The van der Waals surface area contributed by atoms with E-state index in [1.807, 2.05) is 0 Å². The van der Waals surface area contributed by atoms with Crippen molar-refractivity contribution in [3.05, 3.63) is 0 Å². The van der Waals surface area contributed by atoms with Crippen molar-refractivity contribution in [3.8, 4) is 5.40 Å². The van der Waals surface area contributed by atoms with Crippen LogP contribution in [0.2, 0.25) is 0 Å². The minimum Gasteiger partial charge on any atom is -0.229 e. The van der Waals surface area contributed by atoms with Crippen molar-refractivity contribution in [2.24, 2.45) is 11.8 Å². The van der Waals surface area contributed by atoms with Crippen LogP contribution >= 0.6 is 11.8 Å². The van der Waals surface area contributed by atoms with Gasteiger partial charge in [-0.2, -0.15) is 5.26 Å². The van der Waals surface area contributed by atoms with Gasteiger partial charge in [0.05, 0.1) is 5.75 Å². The average Bonchev–Trinajstić information content (AvgIpc) is 2.26. The Hall–Kier alpha value is -0.210. The normalized spacial score (nSPS) is 26.2. The molecule has 1 aliphatic rings. The maximum Gasteiger partial charge on any atom is 0.150 e. The number of hydrogen-bond donors (Lipinski definition) is 0. The summed E-state index contributed by atoms with van der Waals surface area (Å²) >= 11 is 1.30. The van der Waals surface area contributed by atoms with Crippen LogP contribution in [0.5, 0.6) is 0 Å². The van der Waals surface area contributed by atoms with Crippen LogP contribution in [0.4, 0.5) is 0 Å². The smallest absolute Gasteiger partial charge is 0.150 e. The molecule has 0 radical (unpaired) electrons. The van der Waals surface area contributed by atoms with Crippen molar-refractivity contribution < 1.29 is 8.42 Å². The Labute approximate surface area is 103 Å². The first-order chi connectivity index (χ1) is 7.57. The van der Waals surface area contributed by atoms with Crippen LogP contribution < -0.4 is 0 Å². The molecule has 92 valence electrons. The second-order valence-corrected chi connectivity index (χ2v) is 7.70. The predicted molar refractivity (Wildman–Crippen MR) is 67.8 cm³/mol. The lowest BCUT2D eigenvalue weighted by Gasteiger charge is -2.28. The molecule has 5 heteroatoms. The van der Waals surface area contributed by atoms with Crippen LogP contribution in [0.15, 0.2) is 0 Å². The van der Waals surface area contributed by atoms with Crippen molar-refractivity contribution >= 4 is 21.6 Å². The lowest BCUT2D eigenvalue weighted by molar-refractivity contribution is 0.306. The highest BCUT2D eigenvalue weighted by Gasteiger charge is 2.25. The molecule has 2 atom stereocenters. The van der Waals surface area contributed by atoms with Crippen molar-refractivity contribution in [3.63, 3.8) is 0 Å². The van der Waals surface area contributed by atoms with E-state index in [-0.39, 0.29) is 5.75 Å². The minimum absolute atomic E-state index is 0.251. The fourth-order valence-corrected chi connectivity index (χ4v) is 4.21. The Kier molecular flexibility index (Phi) is 5.63. The largest absolute Gasteiger partial charge is 0.229 e. The number of nitrogens with zero attached hydrogens (tertiary/aromatic N) is 1. The molecule has 0 aliphatic heterocycles. The van der Waals surface area contributed by atoms with E-state index in [2.05, 4.69) is 5.40 Å². The molecule has 0 heterocycles. The van der Waals surface area contributed by atoms with Crippen LogP contribution in [0.3, 0.4) is 0 Å². The van der Waals surface area contributed by atoms with E-state index in [1.54, 1.807) is 6.92 Å².